The van der Waals surface area contributed by atoms with E-state index in [1.807, 2.05) is 25.7 Å². The SMILES string of the molecule is CC(C)(C)OC(=O)N1C[C@H]2CC[C@@H](C1)C2CO. The molecule has 3 atom stereocenters. The zero-order valence-electron chi connectivity index (χ0n) is 11.0. The van der Waals surface area contributed by atoms with Crippen LogP contribution in [0.2, 0.25) is 0 Å². The molecule has 4 nitrogen and oxygen atoms in total. The molecular weight excluding hydrogens is 218 g/mol. The lowest BCUT2D eigenvalue weighted by Gasteiger charge is -2.37. The largest absolute Gasteiger partial charge is 0.444 e. The number of rotatable bonds is 1. The van der Waals surface area contributed by atoms with Crippen LogP contribution in [0.15, 0.2) is 0 Å². The molecule has 1 N–H and O–H groups in total. The van der Waals surface area contributed by atoms with Crippen molar-refractivity contribution >= 4 is 6.09 Å². The Labute approximate surface area is 103 Å². The minimum Gasteiger partial charge on any atom is -0.444 e. The van der Waals surface area contributed by atoms with Gasteiger partial charge >= 0.3 is 6.09 Å². The van der Waals surface area contributed by atoms with E-state index in [0.29, 0.717) is 17.8 Å². The van der Waals surface area contributed by atoms with Crippen LogP contribution in [-0.2, 0) is 4.74 Å². The summed E-state index contributed by atoms with van der Waals surface area (Å²) in [5.74, 6) is 1.33. The average Bonchev–Trinajstić information content (AvgIpc) is 2.44. The number of fused-ring (bicyclic) bond motifs is 2. The summed E-state index contributed by atoms with van der Waals surface area (Å²) in [6, 6.07) is 0. The molecule has 2 bridgehead atoms. The molecule has 17 heavy (non-hydrogen) atoms. The maximum absolute atomic E-state index is 12.0. The topological polar surface area (TPSA) is 49.8 Å². The summed E-state index contributed by atoms with van der Waals surface area (Å²) in [4.78, 5) is 13.8. The molecule has 0 aromatic heterocycles. The van der Waals surface area contributed by atoms with Crippen molar-refractivity contribution in [3.05, 3.63) is 0 Å². The number of likely N-dealkylation sites (tertiary alicyclic amines) is 1. The number of hydrogen-bond acceptors (Lipinski definition) is 3. The van der Waals surface area contributed by atoms with Gasteiger partial charge in [0.15, 0.2) is 0 Å². The van der Waals surface area contributed by atoms with Gasteiger partial charge in [-0.3, -0.25) is 0 Å². The van der Waals surface area contributed by atoms with E-state index in [-0.39, 0.29) is 12.7 Å². The van der Waals surface area contributed by atoms with Gasteiger partial charge in [-0.05, 0) is 51.4 Å². The van der Waals surface area contributed by atoms with Crippen molar-refractivity contribution in [1.82, 2.24) is 4.90 Å². The van der Waals surface area contributed by atoms with Crippen LogP contribution in [-0.4, -0.2) is 41.4 Å². The predicted octanol–water partition coefficient (Wildman–Crippen LogP) is 1.87. The number of carbonyl (C=O) groups excluding carboxylic acids is 1. The Hall–Kier alpha value is -0.770. The first-order valence-electron chi connectivity index (χ1n) is 6.49. The van der Waals surface area contributed by atoms with Crippen LogP contribution in [0.3, 0.4) is 0 Å². The van der Waals surface area contributed by atoms with Gasteiger partial charge in [-0.25, -0.2) is 4.79 Å². The third-order valence-electron chi connectivity index (χ3n) is 3.89. The highest BCUT2D eigenvalue weighted by molar-refractivity contribution is 5.68. The van der Waals surface area contributed by atoms with Gasteiger partial charge in [0.05, 0.1) is 0 Å². The second-order valence-corrected chi connectivity index (χ2v) is 6.33. The van der Waals surface area contributed by atoms with Crippen LogP contribution >= 0.6 is 0 Å². The second-order valence-electron chi connectivity index (χ2n) is 6.33. The van der Waals surface area contributed by atoms with Gasteiger partial charge in [0.1, 0.15) is 5.60 Å². The first-order valence-corrected chi connectivity index (χ1v) is 6.49. The molecule has 1 heterocycles. The second kappa shape index (κ2) is 4.48. The van der Waals surface area contributed by atoms with E-state index in [4.69, 9.17) is 4.74 Å². The van der Waals surface area contributed by atoms with Gasteiger partial charge in [0.25, 0.3) is 0 Å². The summed E-state index contributed by atoms with van der Waals surface area (Å²) in [7, 11) is 0. The van der Waals surface area contributed by atoms with Gasteiger partial charge in [-0.2, -0.15) is 0 Å². The van der Waals surface area contributed by atoms with E-state index in [1.54, 1.807) is 0 Å². The molecule has 1 aliphatic heterocycles. The third kappa shape index (κ3) is 2.73. The fourth-order valence-electron chi connectivity index (χ4n) is 3.11. The predicted molar refractivity (Wildman–Crippen MR) is 64.6 cm³/mol. The highest BCUT2D eigenvalue weighted by atomic mass is 16.6. The smallest absolute Gasteiger partial charge is 0.410 e. The number of carbonyl (C=O) groups is 1. The molecule has 98 valence electrons. The fraction of sp³-hybridized carbons (Fsp3) is 0.923. The first kappa shape index (κ1) is 12.7. The summed E-state index contributed by atoms with van der Waals surface area (Å²) in [5.41, 5.74) is -0.427. The molecule has 1 saturated carbocycles. The van der Waals surface area contributed by atoms with E-state index in [2.05, 4.69) is 0 Å². The van der Waals surface area contributed by atoms with Crippen LogP contribution < -0.4 is 0 Å². The lowest BCUT2D eigenvalue weighted by Crippen LogP contribution is -2.47. The number of piperidine rings is 1. The van der Waals surface area contributed by atoms with Gasteiger partial charge in [-0.1, -0.05) is 0 Å². The number of amides is 1. The van der Waals surface area contributed by atoms with Crippen molar-refractivity contribution in [1.29, 1.82) is 0 Å². The number of hydrogen-bond donors (Lipinski definition) is 1. The quantitative estimate of drug-likeness (QED) is 0.762. The molecule has 0 aromatic carbocycles. The monoisotopic (exact) mass is 241 g/mol. The summed E-state index contributed by atoms with van der Waals surface area (Å²) in [6.45, 7) is 7.42. The Bertz CT molecular complexity index is 284. The summed E-state index contributed by atoms with van der Waals surface area (Å²) in [6.07, 6.45) is 2.07. The Morgan fingerprint density at radius 3 is 2.24 bits per heavy atom. The van der Waals surface area contributed by atoms with Crippen LogP contribution in [0.4, 0.5) is 4.79 Å². The molecule has 0 spiro atoms. The van der Waals surface area contributed by atoms with E-state index < -0.39 is 5.60 Å². The van der Waals surface area contributed by atoms with E-state index in [0.717, 1.165) is 25.9 Å². The molecule has 0 radical (unpaired) electrons. The van der Waals surface area contributed by atoms with Crippen molar-refractivity contribution < 1.29 is 14.6 Å². The van der Waals surface area contributed by atoms with Crippen LogP contribution in [0.1, 0.15) is 33.6 Å². The standard InChI is InChI=1S/C13H23NO3/c1-13(2,3)17-12(16)14-6-9-4-5-10(7-14)11(9)8-15/h9-11,15H,4-8H2,1-3H3/t9-,10+,11?. The summed E-state index contributed by atoms with van der Waals surface area (Å²) in [5, 5.41) is 9.35. The van der Waals surface area contributed by atoms with E-state index >= 15 is 0 Å². The number of aliphatic hydroxyl groups excluding tert-OH is 1. The Balaban J connectivity index is 1.96. The maximum Gasteiger partial charge on any atom is 0.410 e. The zero-order chi connectivity index (χ0) is 12.6. The molecule has 1 saturated heterocycles. The van der Waals surface area contributed by atoms with Crippen molar-refractivity contribution in [2.75, 3.05) is 19.7 Å². The van der Waals surface area contributed by atoms with E-state index in [1.165, 1.54) is 0 Å². The van der Waals surface area contributed by atoms with Gasteiger partial charge in [0, 0.05) is 19.7 Å². The molecule has 0 aromatic rings. The van der Waals surface area contributed by atoms with Crippen molar-refractivity contribution in [3.8, 4) is 0 Å². The molecule has 4 heteroatoms. The molecule has 1 amide bonds. The van der Waals surface area contributed by atoms with Gasteiger partial charge in [0.2, 0.25) is 0 Å². The van der Waals surface area contributed by atoms with Gasteiger partial charge in [-0.15, -0.1) is 0 Å². The van der Waals surface area contributed by atoms with Crippen LogP contribution in [0, 0.1) is 17.8 Å². The lowest BCUT2D eigenvalue weighted by atomic mass is 9.86. The van der Waals surface area contributed by atoms with Crippen LogP contribution in [0.25, 0.3) is 0 Å². The lowest BCUT2D eigenvalue weighted by molar-refractivity contribution is 0.00194. The molecule has 2 rings (SSSR count). The summed E-state index contributed by atoms with van der Waals surface area (Å²) < 4.78 is 5.39. The third-order valence-corrected chi connectivity index (χ3v) is 3.89. The number of aliphatic hydroxyl groups is 1. The van der Waals surface area contributed by atoms with Gasteiger partial charge < -0.3 is 14.7 Å². The minimum absolute atomic E-state index is 0.203. The number of nitrogens with zero attached hydrogens (tertiary/aromatic N) is 1. The normalized spacial score (nSPS) is 32.7. The molecule has 1 aliphatic carbocycles. The molecular formula is C13H23NO3. The van der Waals surface area contributed by atoms with Crippen molar-refractivity contribution in [2.45, 2.75) is 39.2 Å². The average molecular weight is 241 g/mol. The van der Waals surface area contributed by atoms with Crippen molar-refractivity contribution in [3.63, 3.8) is 0 Å². The zero-order valence-corrected chi connectivity index (χ0v) is 11.0. The Morgan fingerprint density at radius 2 is 1.82 bits per heavy atom. The highest BCUT2D eigenvalue weighted by Crippen LogP contribution is 2.41. The Morgan fingerprint density at radius 1 is 1.29 bits per heavy atom. The summed E-state index contributed by atoms with van der Waals surface area (Å²) >= 11 is 0. The van der Waals surface area contributed by atoms with E-state index in [9.17, 15) is 9.90 Å². The van der Waals surface area contributed by atoms with Crippen molar-refractivity contribution in [2.24, 2.45) is 17.8 Å². The highest BCUT2D eigenvalue weighted by Gasteiger charge is 2.43. The minimum atomic E-state index is -0.427. The molecule has 2 aliphatic rings. The maximum atomic E-state index is 12.0. The number of ether oxygens (including phenoxy) is 1. The molecule has 2 fully saturated rings. The Kier molecular flexibility index (Phi) is 3.34. The fourth-order valence-corrected chi connectivity index (χ4v) is 3.11. The first-order chi connectivity index (χ1) is 7.90. The van der Waals surface area contributed by atoms with Crippen LogP contribution in [0.5, 0.6) is 0 Å². The molecule has 1 unspecified atom stereocenters.